The molecule has 158 valence electrons. The Morgan fingerprint density at radius 3 is 2.16 bits per heavy atom. The molecule has 4 rings (SSSR count). The van der Waals surface area contributed by atoms with Crippen LogP contribution in [0.1, 0.15) is 5.56 Å². The van der Waals surface area contributed by atoms with Crippen molar-refractivity contribution >= 4 is 15.7 Å². The Bertz CT molecular complexity index is 1520. The van der Waals surface area contributed by atoms with Crippen molar-refractivity contribution in [2.24, 2.45) is 0 Å². The average Bonchev–Trinajstić information content (AvgIpc) is 2.78. The number of rotatable bonds is 5. The van der Waals surface area contributed by atoms with E-state index in [9.17, 15) is 18.5 Å². The van der Waals surface area contributed by atoms with E-state index in [1.54, 1.807) is 48.7 Å². The van der Waals surface area contributed by atoms with Crippen LogP contribution in [-0.2, 0) is 10.0 Å². The molecule has 0 aliphatic carbocycles. The highest BCUT2D eigenvalue weighted by Gasteiger charge is 2.14. The molecule has 4 aromatic rings. The standard InChI is InChI=1S/C25H19N3O3S/c1-32(30,31)27-24-11-5-4-10-23(24)20-14-19(22-9-3-2-8-18(22)17-26)15-21(16-20)28-13-7-6-12-25(28)29/h2-16,27H,1H3. The second-order valence-corrected chi connectivity index (χ2v) is 9.00. The summed E-state index contributed by atoms with van der Waals surface area (Å²) in [6, 6.07) is 26.9. The third-order valence-corrected chi connectivity index (χ3v) is 5.50. The normalized spacial score (nSPS) is 11.0. The van der Waals surface area contributed by atoms with E-state index in [1.165, 1.54) is 10.6 Å². The maximum atomic E-state index is 12.5. The zero-order valence-corrected chi connectivity index (χ0v) is 18.0. The largest absolute Gasteiger partial charge is 0.284 e. The number of para-hydroxylation sites is 1. The summed E-state index contributed by atoms with van der Waals surface area (Å²) >= 11 is 0. The molecular formula is C25H19N3O3S. The summed E-state index contributed by atoms with van der Waals surface area (Å²) in [5.41, 5.74) is 4.13. The van der Waals surface area contributed by atoms with Gasteiger partial charge in [0.05, 0.1) is 23.6 Å². The summed E-state index contributed by atoms with van der Waals surface area (Å²) < 4.78 is 27.9. The van der Waals surface area contributed by atoms with E-state index in [1.807, 2.05) is 36.4 Å². The smallest absolute Gasteiger partial charge is 0.255 e. The third-order valence-electron chi connectivity index (χ3n) is 4.91. The van der Waals surface area contributed by atoms with Crippen LogP contribution in [0.2, 0.25) is 0 Å². The molecule has 0 aliphatic heterocycles. The quantitative estimate of drug-likeness (QED) is 0.496. The molecule has 0 spiro atoms. The van der Waals surface area contributed by atoms with Crippen molar-refractivity contribution in [3.63, 3.8) is 0 Å². The van der Waals surface area contributed by atoms with Crippen molar-refractivity contribution in [3.05, 3.63) is 107 Å². The van der Waals surface area contributed by atoms with E-state index in [2.05, 4.69) is 10.8 Å². The van der Waals surface area contributed by atoms with Gasteiger partial charge in [0.1, 0.15) is 0 Å². The van der Waals surface area contributed by atoms with E-state index in [4.69, 9.17) is 0 Å². The van der Waals surface area contributed by atoms with Crippen molar-refractivity contribution < 1.29 is 8.42 Å². The van der Waals surface area contributed by atoms with Gasteiger partial charge in [0.15, 0.2) is 0 Å². The first-order chi connectivity index (χ1) is 15.4. The number of nitriles is 1. The first kappa shape index (κ1) is 21.1. The Morgan fingerprint density at radius 1 is 0.844 bits per heavy atom. The van der Waals surface area contributed by atoms with Gasteiger partial charge in [-0.2, -0.15) is 5.26 Å². The van der Waals surface area contributed by atoms with Gasteiger partial charge in [-0.3, -0.25) is 14.1 Å². The second-order valence-electron chi connectivity index (χ2n) is 7.25. The van der Waals surface area contributed by atoms with Gasteiger partial charge in [-0.15, -0.1) is 0 Å². The van der Waals surface area contributed by atoms with Crippen molar-refractivity contribution in [3.8, 4) is 34.0 Å². The predicted molar refractivity (Wildman–Crippen MR) is 126 cm³/mol. The van der Waals surface area contributed by atoms with Crippen LogP contribution >= 0.6 is 0 Å². The number of sulfonamides is 1. The highest BCUT2D eigenvalue weighted by molar-refractivity contribution is 7.92. The maximum Gasteiger partial charge on any atom is 0.255 e. The van der Waals surface area contributed by atoms with E-state index < -0.39 is 10.0 Å². The molecule has 0 unspecified atom stereocenters. The number of nitrogens with zero attached hydrogens (tertiary/aromatic N) is 2. The van der Waals surface area contributed by atoms with Gasteiger partial charge in [-0.25, -0.2) is 8.42 Å². The Kier molecular flexibility index (Phi) is 5.63. The van der Waals surface area contributed by atoms with Crippen molar-refractivity contribution in [1.29, 1.82) is 5.26 Å². The fourth-order valence-electron chi connectivity index (χ4n) is 3.56. The van der Waals surface area contributed by atoms with Crippen LogP contribution in [0, 0.1) is 11.3 Å². The van der Waals surface area contributed by atoms with Crippen LogP contribution in [0.4, 0.5) is 5.69 Å². The minimum atomic E-state index is -3.50. The Balaban J connectivity index is 2.01. The maximum absolute atomic E-state index is 12.5. The molecule has 7 heteroatoms. The first-order valence-electron chi connectivity index (χ1n) is 9.75. The first-order valence-corrected chi connectivity index (χ1v) is 11.6. The summed E-state index contributed by atoms with van der Waals surface area (Å²) in [5, 5.41) is 9.59. The van der Waals surface area contributed by atoms with E-state index in [0.717, 1.165) is 17.4 Å². The van der Waals surface area contributed by atoms with Gasteiger partial charge in [0, 0.05) is 23.5 Å². The molecule has 0 saturated carbocycles. The summed E-state index contributed by atoms with van der Waals surface area (Å²) in [7, 11) is -3.50. The molecule has 0 aliphatic rings. The van der Waals surface area contributed by atoms with Gasteiger partial charge < -0.3 is 0 Å². The molecule has 3 aromatic carbocycles. The number of nitrogens with one attached hydrogen (secondary N) is 1. The number of anilines is 1. The van der Waals surface area contributed by atoms with Gasteiger partial charge >= 0.3 is 0 Å². The van der Waals surface area contributed by atoms with E-state index in [0.29, 0.717) is 28.1 Å². The third kappa shape index (κ3) is 4.46. The number of pyridine rings is 1. The van der Waals surface area contributed by atoms with Crippen molar-refractivity contribution in [2.75, 3.05) is 11.0 Å². The summed E-state index contributed by atoms with van der Waals surface area (Å²) in [6.07, 6.45) is 2.76. The van der Waals surface area contributed by atoms with Crippen LogP contribution in [0.25, 0.3) is 27.9 Å². The van der Waals surface area contributed by atoms with Crippen molar-refractivity contribution in [1.82, 2.24) is 4.57 Å². The van der Waals surface area contributed by atoms with Crippen LogP contribution < -0.4 is 10.3 Å². The Morgan fingerprint density at radius 2 is 1.47 bits per heavy atom. The number of aromatic nitrogens is 1. The van der Waals surface area contributed by atoms with Crippen LogP contribution in [0.15, 0.2) is 95.9 Å². The summed E-state index contributed by atoms with van der Waals surface area (Å²) in [5.74, 6) is 0. The summed E-state index contributed by atoms with van der Waals surface area (Å²) in [4.78, 5) is 12.5. The second kappa shape index (κ2) is 8.53. The molecule has 0 amide bonds. The fourth-order valence-corrected chi connectivity index (χ4v) is 4.14. The SMILES string of the molecule is CS(=O)(=O)Nc1ccccc1-c1cc(-c2ccccc2C#N)cc(-n2ccccc2=O)c1. The lowest BCUT2D eigenvalue weighted by Crippen LogP contribution is -2.15. The van der Waals surface area contributed by atoms with E-state index >= 15 is 0 Å². The van der Waals surface area contributed by atoms with Crippen molar-refractivity contribution in [2.45, 2.75) is 0 Å². The lowest BCUT2D eigenvalue weighted by atomic mass is 9.94. The molecule has 1 N–H and O–H groups in total. The van der Waals surface area contributed by atoms with E-state index in [-0.39, 0.29) is 5.56 Å². The van der Waals surface area contributed by atoms with Gasteiger partial charge in [0.25, 0.3) is 5.56 Å². The predicted octanol–water partition coefficient (Wildman–Crippen LogP) is 4.41. The molecule has 0 saturated heterocycles. The fraction of sp³-hybridized carbons (Fsp3) is 0.0400. The monoisotopic (exact) mass is 441 g/mol. The van der Waals surface area contributed by atoms with Crippen LogP contribution in [-0.4, -0.2) is 19.2 Å². The molecule has 1 aromatic heterocycles. The minimum Gasteiger partial charge on any atom is -0.284 e. The average molecular weight is 442 g/mol. The Hall–Kier alpha value is -4.15. The zero-order chi connectivity index (χ0) is 22.7. The molecule has 0 bridgehead atoms. The van der Waals surface area contributed by atoms with Gasteiger partial charge in [-0.05, 0) is 53.1 Å². The molecule has 1 heterocycles. The van der Waals surface area contributed by atoms with Gasteiger partial charge in [-0.1, -0.05) is 42.5 Å². The molecular weight excluding hydrogens is 422 g/mol. The molecule has 0 atom stereocenters. The van der Waals surface area contributed by atoms with Gasteiger partial charge in [0.2, 0.25) is 10.0 Å². The minimum absolute atomic E-state index is 0.202. The molecule has 6 nitrogen and oxygen atoms in total. The molecule has 32 heavy (non-hydrogen) atoms. The highest BCUT2D eigenvalue weighted by atomic mass is 32.2. The number of hydrogen-bond acceptors (Lipinski definition) is 4. The molecule has 0 fully saturated rings. The lowest BCUT2D eigenvalue weighted by Gasteiger charge is -2.15. The molecule has 0 radical (unpaired) electrons. The Labute approximate surface area is 186 Å². The summed E-state index contributed by atoms with van der Waals surface area (Å²) in [6.45, 7) is 0. The van der Waals surface area contributed by atoms with Crippen LogP contribution in [0.5, 0.6) is 0 Å². The highest BCUT2D eigenvalue weighted by Crippen LogP contribution is 2.34. The van der Waals surface area contributed by atoms with Crippen LogP contribution in [0.3, 0.4) is 0 Å². The topological polar surface area (TPSA) is 92.0 Å². The lowest BCUT2D eigenvalue weighted by molar-refractivity contribution is 0.607. The number of hydrogen-bond donors (Lipinski definition) is 1. The zero-order valence-electron chi connectivity index (χ0n) is 17.2. The number of benzene rings is 3.